The van der Waals surface area contributed by atoms with E-state index < -0.39 is 5.41 Å². The molecule has 1 aliphatic carbocycles. The van der Waals surface area contributed by atoms with E-state index in [4.69, 9.17) is 0 Å². The zero-order valence-corrected chi connectivity index (χ0v) is 35.3. The van der Waals surface area contributed by atoms with E-state index in [1.54, 1.807) is 0 Å². The normalized spacial score (nSPS) is 12.2. The van der Waals surface area contributed by atoms with Gasteiger partial charge in [0.25, 0.3) is 0 Å². The van der Waals surface area contributed by atoms with Gasteiger partial charge in [-0.25, -0.2) is 0 Å². The van der Waals surface area contributed by atoms with Crippen molar-refractivity contribution in [2.75, 3.05) is 14.7 Å². The molecule has 0 aliphatic heterocycles. The van der Waals surface area contributed by atoms with E-state index in [1.165, 1.54) is 33.4 Å². The topological polar surface area (TPSA) is 9.72 Å². The van der Waals surface area contributed by atoms with Gasteiger partial charge in [0.2, 0.25) is 0 Å². The third-order valence-electron chi connectivity index (χ3n) is 12.5. The number of rotatable bonds is 11. The molecule has 0 atom stereocenters. The number of anilines is 9. The molecule has 0 amide bonds. The summed E-state index contributed by atoms with van der Waals surface area (Å²) < 4.78 is 0. The lowest BCUT2D eigenvalue weighted by molar-refractivity contribution is 0.768. The van der Waals surface area contributed by atoms with Gasteiger partial charge in [0.15, 0.2) is 0 Å². The Balaban J connectivity index is 1.14. The van der Waals surface area contributed by atoms with Gasteiger partial charge in [0.1, 0.15) is 0 Å². The van der Waals surface area contributed by atoms with Crippen molar-refractivity contribution in [1.29, 1.82) is 0 Å². The Morgan fingerprint density at radius 2 is 0.500 bits per heavy atom. The zero-order chi connectivity index (χ0) is 42.7. The summed E-state index contributed by atoms with van der Waals surface area (Å²) >= 11 is 0. The van der Waals surface area contributed by atoms with Crippen LogP contribution >= 0.6 is 0 Å². The smallest absolute Gasteiger partial charge is 0.0713 e. The summed E-state index contributed by atoms with van der Waals surface area (Å²) in [5, 5.41) is 0. The molecule has 3 heteroatoms. The fourth-order valence-electron chi connectivity index (χ4n) is 9.77. The molecule has 0 spiro atoms. The molecule has 304 valence electrons. The quantitative estimate of drug-likeness (QED) is 0.129. The Kier molecular flexibility index (Phi) is 10.1. The Labute approximate surface area is 376 Å². The van der Waals surface area contributed by atoms with E-state index in [9.17, 15) is 0 Å². The molecule has 0 fully saturated rings. The first kappa shape index (κ1) is 38.5. The molecule has 11 rings (SSSR count). The maximum Gasteiger partial charge on any atom is 0.0713 e. The van der Waals surface area contributed by atoms with Crippen molar-refractivity contribution in [2.24, 2.45) is 0 Å². The molecule has 0 aromatic heterocycles. The molecule has 0 heterocycles. The molecule has 0 bridgehead atoms. The van der Waals surface area contributed by atoms with Crippen LogP contribution in [0, 0.1) is 0 Å². The van der Waals surface area contributed by atoms with Gasteiger partial charge < -0.3 is 14.7 Å². The van der Waals surface area contributed by atoms with Crippen molar-refractivity contribution in [3.05, 3.63) is 295 Å². The number of para-hydroxylation sites is 4. The highest BCUT2D eigenvalue weighted by Crippen LogP contribution is 2.57. The predicted octanol–water partition coefficient (Wildman–Crippen LogP) is 16.5. The van der Waals surface area contributed by atoms with Crippen LogP contribution in [0.4, 0.5) is 51.2 Å². The molecule has 10 aromatic rings. The Morgan fingerprint density at radius 3 is 0.906 bits per heavy atom. The monoisotopic (exact) mass is 819 g/mol. The van der Waals surface area contributed by atoms with Crippen LogP contribution in [0.25, 0.3) is 11.1 Å². The van der Waals surface area contributed by atoms with Crippen molar-refractivity contribution in [2.45, 2.75) is 5.41 Å². The molecule has 0 unspecified atom stereocenters. The van der Waals surface area contributed by atoms with Crippen LogP contribution in [0.2, 0.25) is 0 Å². The lowest BCUT2D eigenvalue weighted by atomic mass is 9.68. The standard InChI is InChI=1S/C61H45N3/c1-7-23-46(24-8-1)61(47-25-9-2-10-26-47)59-40-20-19-39-57(59)58-45-56(41-42-60(58)61)64(54-37-21-35-52(43-54)62(48-27-11-3-12-28-48)49-29-13-4-14-30-49)55-38-22-36-53(44-55)63(50-31-15-5-16-32-50)51-33-17-6-18-34-51/h1-45H. The van der Waals surface area contributed by atoms with Crippen molar-refractivity contribution in [1.82, 2.24) is 0 Å². The molecule has 0 saturated heterocycles. The minimum atomic E-state index is -0.491. The summed E-state index contributed by atoms with van der Waals surface area (Å²) in [5.41, 5.74) is 16.7. The summed E-state index contributed by atoms with van der Waals surface area (Å²) in [4.78, 5) is 7.08. The number of benzene rings is 10. The molecular weight excluding hydrogens is 775 g/mol. The Bertz CT molecular complexity index is 2910. The van der Waals surface area contributed by atoms with Crippen molar-refractivity contribution < 1.29 is 0 Å². The van der Waals surface area contributed by atoms with E-state index in [-0.39, 0.29) is 0 Å². The zero-order valence-electron chi connectivity index (χ0n) is 35.3. The third-order valence-corrected chi connectivity index (χ3v) is 12.5. The molecule has 0 radical (unpaired) electrons. The van der Waals surface area contributed by atoms with Crippen LogP contribution in [0.1, 0.15) is 22.3 Å². The molecule has 3 nitrogen and oxygen atoms in total. The van der Waals surface area contributed by atoms with E-state index >= 15 is 0 Å². The van der Waals surface area contributed by atoms with Crippen LogP contribution in [-0.2, 0) is 5.41 Å². The summed E-state index contributed by atoms with van der Waals surface area (Å²) in [7, 11) is 0. The van der Waals surface area contributed by atoms with Crippen LogP contribution in [0.5, 0.6) is 0 Å². The minimum absolute atomic E-state index is 0.491. The van der Waals surface area contributed by atoms with E-state index in [0.29, 0.717) is 0 Å². The Morgan fingerprint density at radius 1 is 0.203 bits per heavy atom. The first-order valence-corrected chi connectivity index (χ1v) is 21.9. The van der Waals surface area contributed by atoms with Gasteiger partial charge >= 0.3 is 0 Å². The summed E-state index contributed by atoms with van der Waals surface area (Å²) in [5.74, 6) is 0. The average Bonchev–Trinajstić information content (AvgIpc) is 3.67. The molecule has 10 aromatic carbocycles. The van der Waals surface area contributed by atoms with Gasteiger partial charge in [-0.1, -0.05) is 176 Å². The van der Waals surface area contributed by atoms with Gasteiger partial charge in [-0.05, 0) is 130 Å². The highest BCUT2D eigenvalue weighted by molar-refractivity contribution is 5.92. The second-order valence-electron chi connectivity index (χ2n) is 16.1. The summed E-state index contributed by atoms with van der Waals surface area (Å²) in [6.45, 7) is 0. The molecule has 0 N–H and O–H groups in total. The first-order chi connectivity index (χ1) is 31.8. The number of hydrogen-bond donors (Lipinski definition) is 0. The van der Waals surface area contributed by atoms with E-state index in [1.807, 2.05) is 0 Å². The second-order valence-corrected chi connectivity index (χ2v) is 16.1. The van der Waals surface area contributed by atoms with Crippen LogP contribution < -0.4 is 14.7 Å². The van der Waals surface area contributed by atoms with E-state index in [2.05, 4.69) is 288 Å². The van der Waals surface area contributed by atoms with Crippen molar-refractivity contribution in [3.63, 3.8) is 0 Å². The van der Waals surface area contributed by atoms with Gasteiger partial charge in [-0.3, -0.25) is 0 Å². The minimum Gasteiger partial charge on any atom is -0.310 e. The maximum atomic E-state index is 2.42. The maximum absolute atomic E-state index is 2.42. The molecule has 1 aliphatic rings. The molecule has 64 heavy (non-hydrogen) atoms. The lowest BCUT2D eigenvalue weighted by Crippen LogP contribution is -2.28. The van der Waals surface area contributed by atoms with Crippen LogP contribution in [0.15, 0.2) is 273 Å². The van der Waals surface area contributed by atoms with E-state index in [0.717, 1.165) is 51.2 Å². The summed E-state index contributed by atoms with van der Waals surface area (Å²) in [6, 6.07) is 98.5. The third kappa shape index (κ3) is 6.81. The summed E-state index contributed by atoms with van der Waals surface area (Å²) in [6.07, 6.45) is 0. The fraction of sp³-hybridized carbons (Fsp3) is 0.0164. The van der Waals surface area contributed by atoms with Gasteiger partial charge in [0.05, 0.1) is 5.41 Å². The number of nitrogens with zero attached hydrogens (tertiary/aromatic N) is 3. The highest BCUT2D eigenvalue weighted by atomic mass is 15.2. The molecule has 0 saturated carbocycles. The number of fused-ring (bicyclic) bond motifs is 3. The van der Waals surface area contributed by atoms with Crippen molar-refractivity contribution >= 4 is 51.2 Å². The fourth-order valence-corrected chi connectivity index (χ4v) is 9.77. The first-order valence-electron chi connectivity index (χ1n) is 21.9. The largest absolute Gasteiger partial charge is 0.310 e. The SMILES string of the molecule is c1ccc(N(c2ccccc2)c2cccc(N(c3cccc(N(c4ccccc4)c4ccccc4)c3)c3ccc4c(c3)-c3ccccc3C4(c3ccccc3)c3ccccc3)c2)cc1. The lowest BCUT2D eigenvalue weighted by Gasteiger charge is -2.34. The van der Waals surface area contributed by atoms with Crippen molar-refractivity contribution in [3.8, 4) is 11.1 Å². The second kappa shape index (κ2) is 16.8. The van der Waals surface area contributed by atoms with Gasteiger partial charge in [-0.2, -0.15) is 0 Å². The average molecular weight is 820 g/mol. The van der Waals surface area contributed by atoms with Crippen LogP contribution in [-0.4, -0.2) is 0 Å². The van der Waals surface area contributed by atoms with Gasteiger partial charge in [-0.15, -0.1) is 0 Å². The van der Waals surface area contributed by atoms with Crippen LogP contribution in [0.3, 0.4) is 0 Å². The molecular formula is C61H45N3. The number of hydrogen-bond acceptors (Lipinski definition) is 3. The Hall–Kier alpha value is -8.40. The predicted molar refractivity (Wildman–Crippen MR) is 268 cm³/mol. The highest BCUT2D eigenvalue weighted by Gasteiger charge is 2.46. The van der Waals surface area contributed by atoms with Gasteiger partial charge in [0, 0.05) is 51.2 Å².